The molecule has 21 heavy (non-hydrogen) atoms. The van der Waals surface area contributed by atoms with E-state index in [-0.39, 0.29) is 5.91 Å². The molecule has 0 saturated carbocycles. The van der Waals surface area contributed by atoms with Crippen molar-refractivity contribution in [3.05, 3.63) is 58.9 Å². The highest BCUT2D eigenvalue weighted by molar-refractivity contribution is 6.30. The second kappa shape index (κ2) is 7.09. The lowest BCUT2D eigenvalue weighted by Crippen LogP contribution is -2.13. The number of hydrogen-bond donors (Lipinski definition) is 1. The molecule has 2 aromatic rings. The Labute approximate surface area is 127 Å². The number of rotatable bonds is 5. The molecule has 1 N–H and O–H groups in total. The molecular weight excluding hydrogens is 293 g/mol. The van der Waals surface area contributed by atoms with Gasteiger partial charge < -0.3 is 10.1 Å². The van der Waals surface area contributed by atoms with Gasteiger partial charge in [-0.05, 0) is 36.2 Å². The van der Waals surface area contributed by atoms with Gasteiger partial charge in [-0.15, -0.1) is 0 Å². The van der Waals surface area contributed by atoms with Gasteiger partial charge in [0.05, 0.1) is 12.8 Å². The lowest BCUT2D eigenvalue weighted by atomic mass is 10.1. The lowest BCUT2D eigenvalue weighted by Gasteiger charge is -2.10. The van der Waals surface area contributed by atoms with Gasteiger partial charge in [0, 0.05) is 17.5 Å². The number of amides is 1. The standard InChI is InChI=1S/C16H15ClFNO2/c1-21-15-10-13(18)7-8-14(15)19-16(20)9-4-11-2-5-12(17)6-3-11/h2-3,5-8,10H,4,9H2,1H3,(H,19,20). The number of halogens is 2. The van der Waals surface area contributed by atoms with Gasteiger partial charge in [0.2, 0.25) is 5.91 Å². The summed E-state index contributed by atoms with van der Waals surface area (Å²) >= 11 is 5.80. The molecule has 0 fully saturated rings. The summed E-state index contributed by atoms with van der Waals surface area (Å²) in [6.45, 7) is 0. The monoisotopic (exact) mass is 307 g/mol. The molecule has 1 amide bonds. The topological polar surface area (TPSA) is 38.3 Å². The van der Waals surface area contributed by atoms with Crippen LogP contribution in [0.15, 0.2) is 42.5 Å². The highest BCUT2D eigenvalue weighted by Crippen LogP contribution is 2.25. The van der Waals surface area contributed by atoms with Crippen molar-refractivity contribution in [1.29, 1.82) is 0 Å². The molecule has 0 aliphatic rings. The first-order valence-electron chi connectivity index (χ1n) is 6.46. The van der Waals surface area contributed by atoms with E-state index in [0.717, 1.165) is 5.56 Å². The van der Waals surface area contributed by atoms with Crippen LogP contribution in [0.4, 0.5) is 10.1 Å². The van der Waals surface area contributed by atoms with Gasteiger partial charge in [-0.1, -0.05) is 23.7 Å². The lowest BCUT2D eigenvalue weighted by molar-refractivity contribution is -0.116. The third-order valence-corrected chi connectivity index (χ3v) is 3.24. The van der Waals surface area contributed by atoms with Gasteiger partial charge in [0.25, 0.3) is 0 Å². The minimum absolute atomic E-state index is 0.158. The van der Waals surface area contributed by atoms with Crippen LogP contribution >= 0.6 is 11.6 Å². The van der Waals surface area contributed by atoms with Crippen molar-refractivity contribution in [2.45, 2.75) is 12.8 Å². The number of carbonyl (C=O) groups excluding carboxylic acids is 1. The van der Waals surface area contributed by atoms with Crippen molar-refractivity contribution >= 4 is 23.2 Å². The van der Waals surface area contributed by atoms with Crippen LogP contribution < -0.4 is 10.1 Å². The molecule has 3 nitrogen and oxygen atoms in total. The van der Waals surface area contributed by atoms with Crippen LogP contribution in [0.3, 0.4) is 0 Å². The molecule has 0 spiro atoms. The number of methoxy groups -OCH3 is 1. The maximum Gasteiger partial charge on any atom is 0.224 e. The second-order valence-electron chi connectivity index (χ2n) is 4.52. The molecule has 0 saturated heterocycles. The summed E-state index contributed by atoms with van der Waals surface area (Å²) in [5.74, 6) is -0.268. The fourth-order valence-corrected chi connectivity index (χ4v) is 2.02. The zero-order valence-corrected chi connectivity index (χ0v) is 12.3. The van der Waals surface area contributed by atoms with E-state index >= 15 is 0 Å². The molecule has 0 heterocycles. The Hall–Kier alpha value is -2.07. The van der Waals surface area contributed by atoms with E-state index in [2.05, 4.69) is 5.32 Å². The third-order valence-electron chi connectivity index (χ3n) is 2.99. The summed E-state index contributed by atoms with van der Waals surface area (Å²) in [5.41, 5.74) is 1.49. The zero-order chi connectivity index (χ0) is 15.2. The highest BCUT2D eigenvalue weighted by Gasteiger charge is 2.08. The maximum atomic E-state index is 13.1. The second-order valence-corrected chi connectivity index (χ2v) is 4.96. The van der Waals surface area contributed by atoms with E-state index in [1.54, 1.807) is 12.1 Å². The van der Waals surface area contributed by atoms with Crippen molar-refractivity contribution in [3.63, 3.8) is 0 Å². The number of hydrogen-bond acceptors (Lipinski definition) is 2. The third kappa shape index (κ3) is 4.46. The molecule has 0 radical (unpaired) electrons. The maximum absolute atomic E-state index is 13.1. The smallest absolute Gasteiger partial charge is 0.224 e. The Kier molecular flexibility index (Phi) is 5.17. The fourth-order valence-electron chi connectivity index (χ4n) is 1.89. The number of carbonyl (C=O) groups is 1. The molecule has 0 aliphatic heterocycles. The first-order valence-corrected chi connectivity index (χ1v) is 6.84. The minimum atomic E-state index is -0.411. The fraction of sp³-hybridized carbons (Fsp3) is 0.188. The Morgan fingerprint density at radius 2 is 1.95 bits per heavy atom. The molecule has 0 aliphatic carbocycles. The molecule has 0 bridgehead atoms. The van der Waals surface area contributed by atoms with E-state index in [9.17, 15) is 9.18 Å². The van der Waals surface area contributed by atoms with Crippen molar-refractivity contribution in [2.75, 3.05) is 12.4 Å². The highest BCUT2D eigenvalue weighted by atomic mass is 35.5. The molecule has 0 unspecified atom stereocenters. The number of aryl methyl sites for hydroxylation is 1. The zero-order valence-electron chi connectivity index (χ0n) is 11.5. The van der Waals surface area contributed by atoms with Gasteiger partial charge >= 0.3 is 0 Å². The Bertz CT molecular complexity index is 629. The van der Waals surface area contributed by atoms with Crippen LogP contribution in [-0.4, -0.2) is 13.0 Å². The van der Waals surface area contributed by atoms with E-state index in [0.29, 0.717) is 29.3 Å². The first kappa shape index (κ1) is 15.3. The van der Waals surface area contributed by atoms with E-state index in [1.165, 1.54) is 25.3 Å². The van der Waals surface area contributed by atoms with Crippen LogP contribution in [0.2, 0.25) is 5.02 Å². The van der Waals surface area contributed by atoms with Crippen LogP contribution in [-0.2, 0) is 11.2 Å². The van der Waals surface area contributed by atoms with E-state index in [1.807, 2.05) is 12.1 Å². The van der Waals surface area contributed by atoms with Crippen LogP contribution in [0.1, 0.15) is 12.0 Å². The summed E-state index contributed by atoms with van der Waals surface area (Å²) in [6, 6.07) is 11.3. The van der Waals surface area contributed by atoms with Gasteiger partial charge in [0.15, 0.2) is 0 Å². The van der Waals surface area contributed by atoms with Crippen molar-refractivity contribution in [1.82, 2.24) is 0 Å². The Morgan fingerprint density at radius 3 is 2.62 bits per heavy atom. The summed E-state index contributed by atoms with van der Waals surface area (Å²) in [4.78, 5) is 11.9. The Morgan fingerprint density at radius 1 is 1.24 bits per heavy atom. The van der Waals surface area contributed by atoms with Gasteiger partial charge in [-0.25, -0.2) is 4.39 Å². The van der Waals surface area contributed by atoms with Crippen LogP contribution in [0.25, 0.3) is 0 Å². The molecule has 5 heteroatoms. The summed E-state index contributed by atoms with van der Waals surface area (Å²) in [5, 5.41) is 3.38. The van der Waals surface area contributed by atoms with Crippen LogP contribution in [0, 0.1) is 5.82 Å². The average molecular weight is 308 g/mol. The molecular formula is C16H15ClFNO2. The van der Waals surface area contributed by atoms with E-state index < -0.39 is 5.82 Å². The normalized spacial score (nSPS) is 10.2. The van der Waals surface area contributed by atoms with Gasteiger partial charge in [0.1, 0.15) is 11.6 Å². The average Bonchev–Trinajstić information content (AvgIpc) is 2.48. The predicted molar refractivity (Wildman–Crippen MR) is 81.4 cm³/mol. The van der Waals surface area contributed by atoms with Crippen molar-refractivity contribution in [2.24, 2.45) is 0 Å². The first-order chi connectivity index (χ1) is 10.1. The SMILES string of the molecule is COc1cc(F)ccc1NC(=O)CCc1ccc(Cl)cc1. The quantitative estimate of drug-likeness (QED) is 0.904. The molecule has 0 atom stereocenters. The molecule has 0 aromatic heterocycles. The number of anilines is 1. The summed E-state index contributed by atoms with van der Waals surface area (Å²) in [6.07, 6.45) is 0.925. The van der Waals surface area contributed by atoms with Gasteiger partial charge in [-0.3, -0.25) is 4.79 Å². The van der Waals surface area contributed by atoms with E-state index in [4.69, 9.17) is 16.3 Å². The largest absolute Gasteiger partial charge is 0.494 e. The summed E-state index contributed by atoms with van der Waals surface area (Å²) < 4.78 is 18.1. The molecule has 110 valence electrons. The summed E-state index contributed by atoms with van der Waals surface area (Å²) in [7, 11) is 1.43. The number of ether oxygens (including phenoxy) is 1. The number of benzene rings is 2. The number of nitrogens with one attached hydrogen (secondary N) is 1. The van der Waals surface area contributed by atoms with Gasteiger partial charge in [-0.2, -0.15) is 0 Å². The Balaban J connectivity index is 1.94. The van der Waals surface area contributed by atoms with Crippen molar-refractivity contribution in [3.8, 4) is 5.75 Å². The molecule has 2 rings (SSSR count). The molecule has 2 aromatic carbocycles. The van der Waals surface area contributed by atoms with Crippen LogP contribution in [0.5, 0.6) is 5.75 Å². The minimum Gasteiger partial charge on any atom is -0.494 e. The predicted octanol–water partition coefficient (Wildman–Crippen LogP) is 4.06. The van der Waals surface area contributed by atoms with Crippen molar-refractivity contribution < 1.29 is 13.9 Å².